The van der Waals surface area contributed by atoms with E-state index in [1.54, 1.807) is 0 Å². The summed E-state index contributed by atoms with van der Waals surface area (Å²) in [4.78, 5) is 11.1. The standard InChI is InChI=1S/C8H14NO3/c1-11-7(8(10)12-2)6-4-3-5-9-6/h3,6-7,9H,4-5H2,1-2H3/t6-,7-/m0/s1. The van der Waals surface area contributed by atoms with Crippen molar-refractivity contribution in [1.82, 2.24) is 5.32 Å². The zero-order valence-corrected chi connectivity index (χ0v) is 7.37. The van der Waals surface area contributed by atoms with Crippen LogP contribution in [-0.4, -0.2) is 38.9 Å². The predicted octanol–water partition coefficient (Wildman–Crippen LogP) is -0.259. The Morgan fingerprint density at radius 3 is 2.83 bits per heavy atom. The number of nitrogens with one attached hydrogen (secondary N) is 1. The van der Waals surface area contributed by atoms with Gasteiger partial charge in [0.05, 0.1) is 7.11 Å². The molecule has 0 bridgehead atoms. The molecule has 0 aromatic rings. The van der Waals surface area contributed by atoms with Crippen molar-refractivity contribution in [1.29, 1.82) is 0 Å². The molecule has 0 aromatic carbocycles. The largest absolute Gasteiger partial charge is 0.467 e. The fraction of sp³-hybridized carbons (Fsp3) is 0.750. The number of ether oxygens (including phenoxy) is 2. The topological polar surface area (TPSA) is 47.6 Å². The number of hydrogen-bond donors (Lipinski definition) is 1. The van der Waals surface area contributed by atoms with E-state index in [0.29, 0.717) is 0 Å². The monoisotopic (exact) mass is 172 g/mol. The Hall–Kier alpha value is -0.610. The molecular formula is C8H14NO3. The maximum absolute atomic E-state index is 11.1. The molecule has 1 radical (unpaired) electrons. The third kappa shape index (κ3) is 1.95. The molecule has 0 spiro atoms. The third-order valence-electron chi connectivity index (χ3n) is 2.00. The summed E-state index contributed by atoms with van der Waals surface area (Å²) in [5, 5.41) is 3.14. The summed E-state index contributed by atoms with van der Waals surface area (Å²) in [5.41, 5.74) is 0. The number of esters is 1. The van der Waals surface area contributed by atoms with Crippen LogP contribution in [0.2, 0.25) is 0 Å². The Morgan fingerprint density at radius 2 is 2.42 bits per heavy atom. The van der Waals surface area contributed by atoms with Gasteiger partial charge in [0.1, 0.15) is 0 Å². The van der Waals surface area contributed by atoms with Gasteiger partial charge in [-0.15, -0.1) is 0 Å². The van der Waals surface area contributed by atoms with Gasteiger partial charge in [-0.25, -0.2) is 4.79 Å². The molecule has 1 saturated heterocycles. The van der Waals surface area contributed by atoms with Crippen LogP contribution in [0, 0.1) is 6.42 Å². The fourth-order valence-corrected chi connectivity index (χ4v) is 1.35. The average molecular weight is 172 g/mol. The Balaban J connectivity index is 2.48. The lowest BCUT2D eigenvalue weighted by Crippen LogP contribution is -2.42. The SMILES string of the molecule is COC(=O)[C@@H](OC)[C@@H]1C[CH]CN1. The molecule has 0 unspecified atom stereocenters. The highest BCUT2D eigenvalue weighted by Crippen LogP contribution is 2.11. The average Bonchev–Trinajstić information content (AvgIpc) is 2.58. The summed E-state index contributed by atoms with van der Waals surface area (Å²) in [6, 6.07) is 0.0717. The molecule has 1 aliphatic heterocycles. The maximum atomic E-state index is 11.1. The van der Waals surface area contributed by atoms with Crippen LogP contribution in [0.3, 0.4) is 0 Å². The van der Waals surface area contributed by atoms with Gasteiger partial charge in [-0.3, -0.25) is 0 Å². The van der Waals surface area contributed by atoms with Gasteiger partial charge in [0.15, 0.2) is 6.10 Å². The maximum Gasteiger partial charge on any atom is 0.336 e. The normalized spacial score (nSPS) is 25.3. The molecular weight excluding hydrogens is 158 g/mol. The summed E-state index contributed by atoms with van der Waals surface area (Å²) in [7, 11) is 2.88. The summed E-state index contributed by atoms with van der Waals surface area (Å²) >= 11 is 0. The van der Waals surface area contributed by atoms with Crippen LogP contribution in [0.1, 0.15) is 6.42 Å². The Morgan fingerprint density at radius 1 is 1.67 bits per heavy atom. The lowest BCUT2D eigenvalue weighted by molar-refractivity contribution is -0.153. The van der Waals surface area contributed by atoms with Crippen molar-refractivity contribution >= 4 is 5.97 Å². The Kier molecular flexibility index (Phi) is 3.49. The van der Waals surface area contributed by atoms with Crippen molar-refractivity contribution in [3.63, 3.8) is 0 Å². The van der Waals surface area contributed by atoms with Gasteiger partial charge < -0.3 is 14.8 Å². The van der Waals surface area contributed by atoms with Crippen molar-refractivity contribution in [2.24, 2.45) is 0 Å². The molecule has 1 heterocycles. The Bertz CT molecular complexity index is 154. The van der Waals surface area contributed by atoms with Gasteiger partial charge in [0.25, 0.3) is 0 Å². The lowest BCUT2D eigenvalue weighted by Gasteiger charge is -2.19. The van der Waals surface area contributed by atoms with E-state index in [1.807, 2.05) is 0 Å². The van der Waals surface area contributed by atoms with Crippen molar-refractivity contribution in [3.05, 3.63) is 6.42 Å². The van der Waals surface area contributed by atoms with E-state index in [1.165, 1.54) is 14.2 Å². The summed E-state index contributed by atoms with van der Waals surface area (Å²) < 4.78 is 9.63. The third-order valence-corrected chi connectivity index (χ3v) is 2.00. The quantitative estimate of drug-likeness (QED) is 0.596. The first kappa shape index (κ1) is 9.48. The number of hydrogen-bond acceptors (Lipinski definition) is 4. The number of methoxy groups -OCH3 is 2. The van der Waals surface area contributed by atoms with Crippen LogP contribution in [0.25, 0.3) is 0 Å². The van der Waals surface area contributed by atoms with Crippen molar-refractivity contribution in [3.8, 4) is 0 Å². The molecule has 0 aliphatic carbocycles. The summed E-state index contributed by atoms with van der Waals surface area (Å²) in [6.45, 7) is 0.835. The molecule has 4 nitrogen and oxygen atoms in total. The predicted molar refractivity (Wildman–Crippen MR) is 43.5 cm³/mol. The van der Waals surface area contributed by atoms with Crippen molar-refractivity contribution in [2.45, 2.75) is 18.6 Å². The smallest absolute Gasteiger partial charge is 0.336 e. The van der Waals surface area contributed by atoms with E-state index < -0.39 is 6.10 Å². The minimum Gasteiger partial charge on any atom is -0.467 e. The minimum atomic E-state index is -0.478. The van der Waals surface area contributed by atoms with Crippen LogP contribution < -0.4 is 5.32 Å². The number of carbonyl (C=O) groups excluding carboxylic acids is 1. The fourth-order valence-electron chi connectivity index (χ4n) is 1.35. The molecule has 0 aromatic heterocycles. The molecule has 2 atom stereocenters. The van der Waals surface area contributed by atoms with Gasteiger partial charge in [-0.05, 0) is 19.4 Å². The minimum absolute atomic E-state index is 0.0717. The van der Waals surface area contributed by atoms with Crippen LogP contribution >= 0.6 is 0 Å². The van der Waals surface area contributed by atoms with E-state index in [9.17, 15) is 4.79 Å². The summed E-state index contributed by atoms with van der Waals surface area (Å²) in [5.74, 6) is -0.315. The molecule has 4 heteroatoms. The first-order valence-electron chi connectivity index (χ1n) is 3.95. The van der Waals surface area contributed by atoms with Gasteiger partial charge >= 0.3 is 5.97 Å². The lowest BCUT2D eigenvalue weighted by atomic mass is 10.1. The van der Waals surface area contributed by atoms with Gasteiger partial charge in [-0.1, -0.05) is 0 Å². The number of carbonyl (C=O) groups is 1. The molecule has 12 heavy (non-hydrogen) atoms. The van der Waals surface area contributed by atoms with Crippen molar-refractivity contribution in [2.75, 3.05) is 20.8 Å². The van der Waals surface area contributed by atoms with Gasteiger partial charge in [0.2, 0.25) is 0 Å². The molecule has 1 fully saturated rings. The van der Waals surface area contributed by atoms with E-state index in [-0.39, 0.29) is 12.0 Å². The zero-order valence-electron chi connectivity index (χ0n) is 7.37. The van der Waals surface area contributed by atoms with E-state index in [2.05, 4.69) is 16.5 Å². The molecule has 69 valence electrons. The van der Waals surface area contributed by atoms with Crippen LogP contribution in [0.4, 0.5) is 0 Å². The van der Waals surface area contributed by atoms with Gasteiger partial charge in [-0.2, -0.15) is 0 Å². The van der Waals surface area contributed by atoms with Gasteiger partial charge in [0, 0.05) is 13.2 Å². The van der Waals surface area contributed by atoms with Crippen LogP contribution in [0.5, 0.6) is 0 Å². The van der Waals surface area contributed by atoms with Crippen LogP contribution in [0.15, 0.2) is 0 Å². The van der Waals surface area contributed by atoms with Crippen molar-refractivity contribution < 1.29 is 14.3 Å². The van der Waals surface area contributed by atoms with E-state index in [0.717, 1.165) is 13.0 Å². The second-order valence-corrected chi connectivity index (χ2v) is 2.72. The number of rotatable bonds is 3. The first-order valence-corrected chi connectivity index (χ1v) is 3.95. The second-order valence-electron chi connectivity index (χ2n) is 2.72. The zero-order chi connectivity index (χ0) is 8.97. The molecule has 0 saturated carbocycles. The highest BCUT2D eigenvalue weighted by Gasteiger charge is 2.30. The highest BCUT2D eigenvalue weighted by atomic mass is 16.6. The van der Waals surface area contributed by atoms with Crippen LogP contribution in [-0.2, 0) is 14.3 Å². The first-order chi connectivity index (χ1) is 5.79. The molecule has 1 rings (SSSR count). The highest BCUT2D eigenvalue weighted by molar-refractivity contribution is 5.75. The molecule has 1 N–H and O–H groups in total. The van der Waals surface area contributed by atoms with E-state index >= 15 is 0 Å². The molecule has 1 aliphatic rings. The van der Waals surface area contributed by atoms with E-state index in [4.69, 9.17) is 4.74 Å². The Labute approximate surface area is 72.2 Å². The molecule has 0 amide bonds. The second kappa shape index (κ2) is 4.42. The summed E-state index contributed by atoms with van der Waals surface area (Å²) in [6.07, 6.45) is 2.46.